The zero-order chi connectivity index (χ0) is 21.1. The van der Waals surface area contributed by atoms with Crippen molar-refractivity contribution in [2.24, 2.45) is 5.92 Å². The third-order valence-corrected chi connectivity index (χ3v) is 7.19. The Labute approximate surface area is 185 Å². The molecule has 3 heterocycles. The molecule has 3 aromatic rings. The fourth-order valence-electron chi connectivity index (χ4n) is 3.60. The molecule has 0 N–H and O–H groups in total. The first kappa shape index (κ1) is 20.9. The summed E-state index contributed by atoms with van der Waals surface area (Å²) < 4.78 is 7.63. The van der Waals surface area contributed by atoms with Crippen molar-refractivity contribution < 1.29 is 9.53 Å². The van der Waals surface area contributed by atoms with Crippen molar-refractivity contribution in [3.05, 3.63) is 41.3 Å². The summed E-state index contributed by atoms with van der Waals surface area (Å²) in [5.74, 6) is 2.72. The maximum absolute atomic E-state index is 12.8. The zero-order valence-electron chi connectivity index (χ0n) is 17.5. The molecule has 0 bridgehead atoms. The number of hydrogen-bond acceptors (Lipinski definition) is 6. The van der Waals surface area contributed by atoms with Gasteiger partial charge in [-0.25, -0.2) is 0 Å². The van der Waals surface area contributed by atoms with E-state index in [-0.39, 0.29) is 5.91 Å². The number of nitrogens with zero attached hydrogens (tertiary/aromatic N) is 4. The van der Waals surface area contributed by atoms with Crippen LogP contribution in [-0.2, 0) is 4.79 Å². The van der Waals surface area contributed by atoms with Crippen LogP contribution >= 0.6 is 23.1 Å². The Morgan fingerprint density at radius 3 is 2.77 bits per heavy atom. The van der Waals surface area contributed by atoms with Gasteiger partial charge >= 0.3 is 0 Å². The lowest BCUT2D eigenvalue weighted by Gasteiger charge is -2.30. The largest absolute Gasteiger partial charge is 0.495 e. The number of thioether (sulfide) groups is 1. The molecule has 158 valence electrons. The first-order valence-electron chi connectivity index (χ1n) is 10.1. The van der Waals surface area contributed by atoms with Crippen molar-refractivity contribution in [3.8, 4) is 22.1 Å². The molecular formula is C22H26N4O2S2. The maximum atomic E-state index is 12.8. The Morgan fingerprint density at radius 2 is 2.07 bits per heavy atom. The maximum Gasteiger partial charge on any atom is 0.233 e. The molecule has 4 rings (SSSR count). The predicted molar refractivity (Wildman–Crippen MR) is 122 cm³/mol. The summed E-state index contributed by atoms with van der Waals surface area (Å²) in [7, 11) is 1.66. The molecule has 1 aliphatic heterocycles. The smallest absolute Gasteiger partial charge is 0.233 e. The van der Waals surface area contributed by atoms with Gasteiger partial charge in [-0.1, -0.05) is 30.8 Å². The number of benzene rings is 1. The molecule has 2 aromatic heterocycles. The Bertz CT molecular complexity index is 1010. The average Bonchev–Trinajstić information content (AvgIpc) is 3.42. The monoisotopic (exact) mass is 442 g/mol. The topological polar surface area (TPSA) is 60.2 Å². The van der Waals surface area contributed by atoms with Gasteiger partial charge in [-0.05, 0) is 54.8 Å². The second-order valence-corrected chi connectivity index (χ2v) is 9.54. The van der Waals surface area contributed by atoms with Gasteiger partial charge in [-0.15, -0.1) is 21.5 Å². The molecule has 0 aliphatic carbocycles. The van der Waals surface area contributed by atoms with Crippen molar-refractivity contribution in [3.63, 3.8) is 0 Å². The highest BCUT2D eigenvalue weighted by molar-refractivity contribution is 7.99. The number of hydrogen-bond donors (Lipinski definition) is 0. The number of thiophene rings is 1. The molecule has 0 unspecified atom stereocenters. The number of methoxy groups -OCH3 is 1. The van der Waals surface area contributed by atoms with Gasteiger partial charge in [-0.2, -0.15) is 0 Å². The molecule has 30 heavy (non-hydrogen) atoms. The van der Waals surface area contributed by atoms with Gasteiger partial charge in [0.1, 0.15) is 5.75 Å². The standard InChI is InChI=1S/C22H26N4O2S2/c1-15-8-10-25(11-9-15)20(27)14-30-22-24-23-21(19-5-4-12-29-19)26(22)17-13-16(2)6-7-18(17)28-3/h4-7,12-13,15H,8-11,14H2,1-3H3. The van der Waals surface area contributed by atoms with E-state index in [1.165, 1.54) is 11.8 Å². The van der Waals surface area contributed by atoms with Crippen molar-refractivity contribution in [1.29, 1.82) is 0 Å². The number of ether oxygens (including phenoxy) is 1. The number of rotatable bonds is 6. The summed E-state index contributed by atoms with van der Waals surface area (Å²) in [5, 5.41) is 11.6. The van der Waals surface area contributed by atoms with E-state index in [2.05, 4.69) is 23.2 Å². The van der Waals surface area contributed by atoms with Crippen LogP contribution in [-0.4, -0.2) is 51.5 Å². The van der Waals surface area contributed by atoms with Gasteiger partial charge in [0.15, 0.2) is 11.0 Å². The van der Waals surface area contributed by atoms with Crippen molar-refractivity contribution >= 4 is 29.0 Å². The van der Waals surface area contributed by atoms with Gasteiger partial charge in [0.25, 0.3) is 0 Å². The van der Waals surface area contributed by atoms with Crippen molar-refractivity contribution in [2.75, 3.05) is 26.0 Å². The van der Waals surface area contributed by atoms with E-state index in [1.807, 2.05) is 46.0 Å². The highest BCUT2D eigenvalue weighted by atomic mass is 32.2. The summed E-state index contributed by atoms with van der Waals surface area (Å²) in [6.45, 7) is 5.99. The quantitative estimate of drug-likeness (QED) is 0.520. The summed E-state index contributed by atoms with van der Waals surface area (Å²) >= 11 is 3.05. The van der Waals surface area contributed by atoms with Crippen LogP contribution in [0, 0.1) is 12.8 Å². The SMILES string of the molecule is COc1ccc(C)cc1-n1c(SCC(=O)N2CCC(C)CC2)nnc1-c1cccs1. The van der Waals surface area contributed by atoms with Crippen molar-refractivity contribution in [2.45, 2.75) is 31.8 Å². The average molecular weight is 443 g/mol. The number of carbonyl (C=O) groups excluding carboxylic acids is 1. The van der Waals surface area contributed by atoms with E-state index in [4.69, 9.17) is 4.74 Å². The summed E-state index contributed by atoms with van der Waals surface area (Å²) in [4.78, 5) is 15.8. The molecule has 1 aromatic carbocycles. The fourth-order valence-corrected chi connectivity index (χ4v) is 5.14. The second-order valence-electron chi connectivity index (χ2n) is 7.65. The Hall–Kier alpha value is -2.32. The Balaban J connectivity index is 1.64. The molecule has 1 saturated heterocycles. The van der Waals surface area contributed by atoms with E-state index in [0.717, 1.165) is 53.6 Å². The molecule has 0 radical (unpaired) electrons. The molecule has 1 aliphatic rings. The number of likely N-dealkylation sites (tertiary alicyclic amines) is 1. The normalized spacial score (nSPS) is 14.8. The molecule has 0 atom stereocenters. The Morgan fingerprint density at radius 1 is 1.27 bits per heavy atom. The Kier molecular flexibility index (Phi) is 6.43. The van der Waals surface area contributed by atoms with Crippen LogP contribution in [0.5, 0.6) is 5.75 Å². The lowest BCUT2D eigenvalue weighted by atomic mass is 9.99. The van der Waals surface area contributed by atoms with Gasteiger partial charge in [0.2, 0.25) is 5.91 Å². The third-order valence-electron chi connectivity index (χ3n) is 5.41. The van der Waals surface area contributed by atoms with Gasteiger partial charge < -0.3 is 9.64 Å². The van der Waals surface area contributed by atoms with Crippen LogP contribution in [0.4, 0.5) is 0 Å². The number of aromatic nitrogens is 3. The molecule has 1 amide bonds. The summed E-state index contributed by atoms with van der Waals surface area (Å²) in [6.07, 6.45) is 2.16. The number of aryl methyl sites for hydroxylation is 1. The molecular weight excluding hydrogens is 416 g/mol. The minimum Gasteiger partial charge on any atom is -0.495 e. The highest BCUT2D eigenvalue weighted by Gasteiger charge is 2.23. The van der Waals surface area contributed by atoms with Crippen LogP contribution < -0.4 is 4.74 Å². The molecule has 0 saturated carbocycles. The van der Waals surface area contributed by atoms with Gasteiger partial charge in [0, 0.05) is 13.1 Å². The van der Waals surface area contributed by atoms with Crippen LogP contribution in [0.3, 0.4) is 0 Å². The van der Waals surface area contributed by atoms with Crippen LogP contribution in [0.2, 0.25) is 0 Å². The minimum atomic E-state index is 0.162. The molecule has 1 fully saturated rings. The van der Waals surface area contributed by atoms with E-state index in [0.29, 0.717) is 16.8 Å². The molecule has 6 nitrogen and oxygen atoms in total. The van der Waals surface area contributed by atoms with Crippen LogP contribution in [0.25, 0.3) is 16.4 Å². The lowest BCUT2D eigenvalue weighted by Crippen LogP contribution is -2.38. The number of carbonyl (C=O) groups is 1. The third kappa shape index (κ3) is 4.39. The molecule has 8 heteroatoms. The van der Waals surface area contributed by atoms with Gasteiger partial charge in [-0.3, -0.25) is 9.36 Å². The summed E-state index contributed by atoms with van der Waals surface area (Å²) in [5.41, 5.74) is 2.00. The number of piperidine rings is 1. The number of amides is 1. The molecule has 0 spiro atoms. The first-order chi connectivity index (χ1) is 14.6. The van der Waals surface area contributed by atoms with E-state index >= 15 is 0 Å². The highest BCUT2D eigenvalue weighted by Crippen LogP contribution is 2.34. The minimum absolute atomic E-state index is 0.162. The van der Waals surface area contributed by atoms with E-state index in [1.54, 1.807) is 18.4 Å². The fraction of sp³-hybridized carbons (Fsp3) is 0.409. The van der Waals surface area contributed by atoms with E-state index in [9.17, 15) is 4.79 Å². The van der Waals surface area contributed by atoms with Crippen LogP contribution in [0.1, 0.15) is 25.3 Å². The van der Waals surface area contributed by atoms with Crippen molar-refractivity contribution in [1.82, 2.24) is 19.7 Å². The first-order valence-corrected chi connectivity index (χ1v) is 12.0. The zero-order valence-corrected chi connectivity index (χ0v) is 19.1. The summed E-state index contributed by atoms with van der Waals surface area (Å²) in [6, 6.07) is 10.1. The second kappa shape index (κ2) is 9.22. The lowest BCUT2D eigenvalue weighted by molar-refractivity contribution is -0.129. The predicted octanol–water partition coefficient (Wildman–Crippen LogP) is 4.66. The van der Waals surface area contributed by atoms with Crippen LogP contribution in [0.15, 0.2) is 40.9 Å². The van der Waals surface area contributed by atoms with Gasteiger partial charge in [0.05, 0.1) is 23.4 Å². The van der Waals surface area contributed by atoms with E-state index < -0.39 is 0 Å².